The fourth-order valence-electron chi connectivity index (χ4n) is 3.28. The van der Waals surface area contributed by atoms with Gasteiger partial charge >= 0.3 is 6.09 Å². The molecule has 4 rings (SSSR count). The van der Waals surface area contributed by atoms with Crippen molar-refractivity contribution in [3.63, 3.8) is 0 Å². The van der Waals surface area contributed by atoms with Crippen LogP contribution in [0.1, 0.15) is 21.7 Å². The number of carbonyl (C=O) groups is 2. The molecule has 2 aromatic carbocycles. The largest absolute Gasteiger partial charge is 0.447 e. The van der Waals surface area contributed by atoms with Crippen LogP contribution in [0, 0.1) is 6.92 Å². The Bertz CT molecular complexity index is 966. The lowest BCUT2D eigenvalue weighted by Gasteiger charge is -2.19. The summed E-state index contributed by atoms with van der Waals surface area (Å²) in [5, 5.41) is 4.04. The molecule has 6 heteroatoms. The lowest BCUT2D eigenvalue weighted by atomic mass is 10.0. The second-order valence-corrected chi connectivity index (χ2v) is 6.42. The highest BCUT2D eigenvalue weighted by Crippen LogP contribution is 2.29. The summed E-state index contributed by atoms with van der Waals surface area (Å²) in [7, 11) is 0. The van der Waals surface area contributed by atoms with Gasteiger partial charge in [-0.1, -0.05) is 65.8 Å². The molecule has 1 atom stereocenters. The fraction of sp³-hybridized carbons (Fsp3) is 0.190. The molecule has 0 saturated carbocycles. The Morgan fingerprint density at radius 2 is 1.78 bits per heavy atom. The van der Waals surface area contributed by atoms with E-state index in [1.165, 1.54) is 4.90 Å². The van der Waals surface area contributed by atoms with Gasteiger partial charge in [-0.05, 0) is 18.9 Å². The second kappa shape index (κ2) is 7.07. The summed E-state index contributed by atoms with van der Waals surface area (Å²) >= 11 is 0. The molecule has 6 nitrogen and oxygen atoms in total. The van der Waals surface area contributed by atoms with E-state index >= 15 is 0 Å². The Kier molecular flexibility index (Phi) is 4.46. The molecule has 0 radical (unpaired) electrons. The van der Waals surface area contributed by atoms with Crippen LogP contribution in [0.15, 0.2) is 65.2 Å². The van der Waals surface area contributed by atoms with E-state index in [9.17, 15) is 9.59 Å². The predicted octanol–water partition coefficient (Wildman–Crippen LogP) is 3.85. The van der Waals surface area contributed by atoms with Gasteiger partial charge in [0.2, 0.25) is 0 Å². The first-order valence-electron chi connectivity index (χ1n) is 8.71. The topological polar surface area (TPSA) is 72.6 Å². The van der Waals surface area contributed by atoms with Crippen molar-refractivity contribution in [1.82, 2.24) is 10.1 Å². The number of benzene rings is 2. The number of hydrogen-bond acceptors (Lipinski definition) is 5. The van der Waals surface area contributed by atoms with Gasteiger partial charge in [0.25, 0.3) is 5.91 Å². The maximum Gasteiger partial charge on any atom is 0.417 e. The Labute approximate surface area is 156 Å². The van der Waals surface area contributed by atoms with E-state index in [-0.39, 0.29) is 18.2 Å². The van der Waals surface area contributed by atoms with Gasteiger partial charge in [0, 0.05) is 5.56 Å². The minimum Gasteiger partial charge on any atom is -0.447 e. The summed E-state index contributed by atoms with van der Waals surface area (Å²) in [4.78, 5) is 26.7. The Hall–Kier alpha value is -3.41. The smallest absolute Gasteiger partial charge is 0.417 e. The minimum absolute atomic E-state index is 0.171. The summed E-state index contributed by atoms with van der Waals surface area (Å²) in [5.41, 5.74) is 2.50. The summed E-state index contributed by atoms with van der Waals surface area (Å²) in [6.45, 7) is 1.84. The maximum atomic E-state index is 13.3. The lowest BCUT2D eigenvalue weighted by Crippen LogP contribution is -2.40. The van der Waals surface area contributed by atoms with Gasteiger partial charge in [-0.15, -0.1) is 0 Å². The maximum absolute atomic E-state index is 13.3. The normalized spacial score (nSPS) is 16.4. The van der Waals surface area contributed by atoms with E-state index in [1.54, 1.807) is 6.92 Å². The molecule has 1 unspecified atom stereocenters. The zero-order valence-corrected chi connectivity index (χ0v) is 14.8. The Morgan fingerprint density at radius 3 is 2.48 bits per heavy atom. The van der Waals surface area contributed by atoms with Crippen LogP contribution in [0.25, 0.3) is 11.3 Å². The van der Waals surface area contributed by atoms with E-state index in [1.807, 2.05) is 60.7 Å². The van der Waals surface area contributed by atoms with Crippen molar-refractivity contribution in [3.05, 3.63) is 77.6 Å². The lowest BCUT2D eigenvalue weighted by molar-refractivity contribution is 0.0773. The standard InChI is InChI=1S/C21H18N2O4/c1-14-18(19(22-27-14)16-10-6-3-7-11-16)20(24)23-17(13-26-21(23)25)12-15-8-4-2-5-9-15/h2-11,17H,12-13H2,1H3. The average molecular weight is 362 g/mol. The molecule has 0 bridgehead atoms. The Morgan fingerprint density at radius 1 is 1.11 bits per heavy atom. The van der Waals surface area contributed by atoms with Crippen molar-refractivity contribution in [2.45, 2.75) is 19.4 Å². The highest BCUT2D eigenvalue weighted by molar-refractivity contribution is 6.08. The van der Waals surface area contributed by atoms with Crippen LogP contribution in [-0.2, 0) is 11.2 Å². The van der Waals surface area contributed by atoms with Gasteiger partial charge in [0.05, 0.1) is 6.04 Å². The zero-order valence-electron chi connectivity index (χ0n) is 14.8. The number of hydrogen-bond donors (Lipinski definition) is 0. The van der Waals surface area contributed by atoms with Gasteiger partial charge < -0.3 is 9.26 Å². The van der Waals surface area contributed by atoms with Gasteiger partial charge in [-0.3, -0.25) is 4.79 Å². The van der Waals surface area contributed by atoms with Crippen LogP contribution in [0.4, 0.5) is 4.79 Å². The number of amides is 2. The summed E-state index contributed by atoms with van der Waals surface area (Å²) in [6.07, 6.45) is -0.107. The van der Waals surface area contributed by atoms with Crippen molar-refractivity contribution < 1.29 is 18.8 Å². The van der Waals surface area contributed by atoms with Gasteiger partial charge in [-0.25, -0.2) is 9.69 Å². The first-order chi connectivity index (χ1) is 13.1. The molecule has 27 heavy (non-hydrogen) atoms. The molecule has 0 aliphatic carbocycles. The zero-order chi connectivity index (χ0) is 18.8. The van der Waals surface area contributed by atoms with Crippen LogP contribution in [0.2, 0.25) is 0 Å². The van der Waals surface area contributed by atoms with Crippen LogP contribution >= 0.6 is 0 Å². The van der Waals surface area contributed by atoms with Crippen LogP contribution in [-0.4, -0.2) is 34.7 Å². The first kappa shape index (κ1) is 17.0. The molecular weight excluding hydrogens is 344 g/mol. The first-order valence-corrected chi connectivity index (χ1v) is 8.71. The van der Waals surface area contributed by atoms with Gasteiger partial charge in [0.15, 0.2) is 0 Å². The number of carbonyl (C=O) groups excluding carboxylic acids is 2. The number of cyclic esters (lactones) is 1. The third-order valence-electron chi connectivity index (χ3n) is 4.62. The third kappa shape index (κ3) is 3.21. The molecule has 1 aliphatic rings. The number of ether oxygens (including phenoxy) is 1. The molecule has 0 spiro atoms. The number of nitrogens with zero attached hydrogens (tertiary/aromatic N) is 2. The number of aromatic nitrogens is 1. The SMILES string of the molecule is Cc1onc(-c2ccccc2)c1C(=O)N1C(=O)OCC1Cc1ccccc1. The number of rotatable bonds is 4. The molecule has 0 N–H and O–H groups in total. The molecule has 3 aromatic rings. The van der Waals surface area contributed by atoms with Gasteiger partial charge in [0.1, 0.15) is 23.6 Å². The van der Waals surface area contributed by atoms with Crippen molar-refractivity contribution in [1.29, 1.82) is 0 Å². The summed E-state index contributed by atoms with van der Waals surface area (Å²) in [6, 6.07) is 18.6. The van der Waals surface area contributed by atoms with E-state index in [0.717, 1.165) is 11.1 Å². The number of aryl methyl sites for hydroxylation is 1. The van der Waals surface area contributed by atoms with E-state index < -0.39 is 12.0 Å². The van der Waals surface area contributed by atoms with Crippen LogP contribution in [0.3, 0.4) is 0 Å². The highest BCUT2D eigenvalue weighted by Gasteiger charge is 2.40. The molecular formula is C21H18N2O4. The van der Waals surface area contributed by atoms with E-state index in [0.29, 0.717) is 17.9 Å². The molecule has 2 amide bonds. The van der Waals surface area contributed by atoms with Crippen LogP contribution in [0.5, 0.6) is 0 Å². The van der Waals surface area contributed by atoms with Crippen molar-refractivity contribution in [3.8, 4) is 11.3 Å². The molecule has 1 aromatic heterocycles. The number of imide groups is 1. The molecule has 1 aliphatic heterocycles. The summed E-state index contributed by atoms with van der Waals surface area (Å²) in [5.74, 6) is -0.0759. The fourth-order valence-corrected chi connectivity index (χ4v) is 3.28. The molecule has 1 saturated heterocycles. The third-order valence-corrected chi connectivity index (χ3v) is 4.62. The predicted molar refractivity (Wildman–Crippen MR) is 98.1 cm³/mol. The Balaban J connectivity index is 1.67. The van der Waals surface area contributed by atoms with E-state index in [4.69, 9.17) is 9.26 Å². The molecule has 1 fully saturated rings. The quantitative estimate of drug-likeness (QED) is 0.705. The van der Waals surface area contributed by atoms with Gasteiger partial charge in [-0.2, -0.15) is 0 Å². The van der Waals surface area contributed by atoms with E-state index in [2.05, 4.69) is 5.16 Å². The highest BCUT2D eigenvalue weighted by atomic mass is 16.6. The average Bonchev–Trinajstić information content (AvgIpc) is 3.25. The van der Waals surface area contributed by atoms with Crippen molar-refractivity contribution >= 4 is 12.0 Å². The molecule has 136 valence electrons. The van der Waals surface area contributed by atoms with Crippen LogP contribution < -0.4 is 0 Å². The monoisotopic (exact) mass is 362 g/mol. The second-order valence-electron chi connectivity index (χ2n) is 6.42. The molecule has 2 heterocycles. The van der Waals surface area contributed by atoms with Crippen molar-refractivity contribution in [2.24, 2.45) is 0 Å². The van der Waals surface area contributed by atoms with Crippen molar-refractivity contribution in [2.75, 3.05) is 6.61 Å². The minimum atomic E-state index is -0.638. The summed E-state index contributed by atoms with van der Waals surface area (Å²) < 4.78 is 10.4.